The van der Waals surface area contributed by atoms with Crippen molar-refractivity contribution in [2.24, 2.45) is 27.7 Å². The molecule has 1 aromatic heterocycles. The van der Waals surface area contributed by atoms with Crippen LogP contribution in [0.3, 0.4) is 0 Å². The lowest BCUT2D eigenvalue weighted by atomic mass is 9.72. The average Bonchev–Trinajstić information content (AvgIpc) is 3.24. The van der Waals surface area contributed by atoms with E-state index in [9.17, 15) is 9.59 Å². The fourth-order valence-electron chi connectivity index (χ4n) is 4.55. The van der Waals surface area contributed by atoms with Gasteiger partial charge in [0.1, 0.15) is 0 Å². The minimum absolute atomic E-state index is 0.0812. The molecule has 220 valence electrons. The lowest BCUT2D eigenvalue weighted by Gasteiger charge is -2.36. The number of carbonyl (C=O) groups is 2. The summed E-state index contributed by atoms with van der Waals surface area (Å²) in [7, 11) is 0. The number of ketones is 1. The van der Waals surface area contributed by atoms with Gasteiger partial charge in [-0.3, -0.25) is 14.3 Å². The third kappa shape index (κ3) is 12.3. The van der Waals surface area contributed by atoms with Crippen molar-refractivity contribution in [3.05, 3.63) is 17.2 Å². The van der Waals surface area contributed by atoms with Crippen molar-refractivity contribution in [2.75, 3.05) is 6.61 Å². The molecule has 0 saturated heterocycles. The van der Waals surface area contributed by atoms with Gasteiger partial charge in [0.05, 0.1) is 18.3 Å². The first-order valence-electron chi connectivity index (χ1n) is 13.9. The van der Waals surface area contributed by atoms with Crippen LogP contribution in [0.1, 0.15) is 107 Å². The van der Waals surface area contributed by atoms with Crippen molar-refractivity contribution in [3.63, 3.8) is 0 Å². The Morgan fingerprint density at radius 1 is 1.08 bits per heavy atom. The molecule has 0 aliphatic rings. The van der Waals surface area contributed by atoms with Crippen LogP contribution in [-0.4, -0.2) is 51.2 Å². The Labute approximate surface area is 230 Å². The van der Waals surface area contributed by atoms with Gasteiger partial charge in [-0.2, -0.15) is 0 Å². The highest BCUT2D eigenvalue weighted by Crippen LogP contribution is 2.38. The van der Waals surface area contributed by atoms with E-state index in [1.165, 1.54) is 0 Å². The van der Waals surface area contributed by atoms with Crippen LogP contribution in [0, 0.1) is 16.2 Å². The van der Waals surface area contributed by atoms with Gasteiger partial charge in [0.2, 0.25) is 0 Å². The second-order valence-corrected chi connectivity index (χ2v) is 13.5. The van der Waals surface area contributed by atoms with Crippen LogP contribution in [0.4, 0.5) is 0 Å². The van der Waals surface area contributed by atoms with E-state index in [-0.39, 0.29) is 34.5 Å². The second kappa shape index (κ2) is 14.0. The molecule has 1 aromatic rings. The Bertz CT molecular complexity index is 889. The van der Waals surface area contributed by atoms with E-state index in [2.05, 4.69) is 69.4 Å². The van der Waals surface area contributed by atoms with Crippen LogP contribution in [0.15, 0.2) is 6.20 Å². The summed E-state index contributed by atoms with van der Waals surface area (Å²) in [6, 6.07) is -0.394. The lowest BCUT2D eigenvalue weighted by molar-refractivity contribution is -0.148. The number of aromatic nitrogens is 3. The van der Waals surface area contributed by atoms with Gasteiger partial charge in [-0.1, -0.05) is 67.1 Å². The quantitative estimate of drug-likeness (QED) is 0.197. The van der Waals surface area contributed by atoms with Gasteiger partial charge in [0.15, 0.2) is 5.78 Å². The maximum absolute atomic E-state index is 13.1. The van der Waals surface area contributed by atoms with Gasteiger partial charge in [-0.05, 0) is 56.7 Å². The Morgan fingerprint density at radius 2 is 1.71 bits per heavy atom. The summed E-state index contributed by atoms with van der Waals surface area (Å²) in [6.45, 7) is 21.9. The monoisotopic (exact) mass is 536 g/mol. The van der Waals surface area contributed by atoms with Crippen LogP contribution in [0.5, 0.6) is 0 Å². The molecule has 2 unspecified atom stereocenters. The van der Waals surface area contributed by atoms with E-state index < -0.39 is 17.7 Å². The Morgan fingerprint density at radius 3 is 2.24 bits per heavy atom. The van der Waals surface area contributed by atoms with Crippen molar-refractivity contribution in [2.45, 2.75) is 132 Å². The van der Waals surface area contributed by atoms with Gasteiger partial charge in [-0.25, -0.2) is 0 Å². The van der Waals surface area contributed by atoms with E-state index in [1.807, 2.05) is 31.6 Å². The van der Waals surface area contributed by atoms with Crippen LogP contribution in [0.25, 0.3) is 5.32 Å². The van der Waals surface area contributed by atoms with E-state index in [4.69, 9.17) is 16.2 Å². The molecule has 10 nitrogen and oxygen atoms in total. The number of carbonyl (C=O) groups excluding carboxylic acids is 2. The molecule has 38 heavy (non-hydrogen) atoms. The van der Waals surface area contributed by atoms with E-state index >= 15 is 0 Å². The third-order valence-corrected chi connectivity index (χ3v) is 7.12. The fraction of sp³-hybridized carbons (Fsp3) is 0.857. The van der Waals surface area contributed by atoms with Crippen LogP contribution < -0.4 is 16.8 Å². The van der Waals surface area contributed by atoms with Crippen molar-refractivity contribution >= 4 is 11.8 Å². The number of esters is 1. The zero-order valence-electron chi connectivity index (χ0n) is 25.6. The molecule has 5 N–H and O–H groups in total. The maximum atomic E-state index is 13.1. The zero-order chi connectivity index (χ0) is 29.4. The number of nitrogens with zero attached hydrogens (tertiary/aromatic N) is 4. The molecule has 1 heterocycles. The summed E-state index contributed by atoms with van der Waals surface area (Å²) in [5.41, 5.74) is 10.7. The molecule has 0 aliphatic carbocycles. The van der Waals surface area contributed by atoms with Crippen molar-refractivity contribution in [3.8, 4) is 0 Å². The number of ether oxygens (including phenoxy) is 1. The molecule has 0 aromatic carbocycles. The molecule has 2 atom stereocenters. The highest BCUT2D eigenvalue weighted by atomic mass is 16.5. The molecule has 0 saturated carbocycles. The minimum atomic E-state index is -0.728. The molecular formula is C28H54N7O3-. The topological polar surface area (TPSA) is 152 Å². The highest BCUT2D eigenvalue weighted by molar-refractivity contribution is 5.89. The van der Waals surface area contributed by atoms with Gasteiger partial charge < -0.3 is 26.8 Å². The smallest absolute Gasteiger partial charge is 0.305 e. The predicted octanol–water partition coefficient (Wildman–Crippen LogP) is 4.27. The number of nitrogens with one attached hydrogen (secondary N) is 1. The van der Waals surface area contributed by atoms with Gasteiger partial charge in [0.25, 0.3) is 0 Å². The Balaban J connectivity index is 2.71. The van der Waals surface area contributed by atoms with E-state index in [1.54, 1.807) is 0 Å². The maximum Gasteiger partial charge on any atom is 0.305 e. The average molecular weight is 537 g/mol. The van der Waals surface area contributed by atoms with Crippen LogP contribution in [0.2, 0.25) is 0 Å². The van der Waals surface area contributed by atoms with Crippen molar-refractivity contribution in [1.82, 2.24) is 20.3 Å². The van der Waals surface area contributed by atoms with E-state index in [0.717, 1.165) is 25.0 Å². The normalized spacial score (nSPS) is 15.4. The predicted molar refractivity (Wildman–Crippen MR) is 152 cm³/mol. The van der Waals surface area contributed by atoms with Crippen molar-refractivity contribution in [1.29, 1.82) is 0 Å². The van der Waals surface area contributed by atoms with Gasteiger partial charge in [0, 0.05) is 30.1 Å². The Hall–Kier alpha value is -1.88. The van der Waals surface area contributed by atoms with E-state index in [0.29, 0.717) is 26.1 Å². The molecular weight excluding hydrogens is 482 g/mol. The van der Waals surface area contributed by atoms with Gasteiger partial charge >= 0.3 is 5.97 Å². The number of rotatable bonds is 17. The summed E-state index contributed by atoms with van der Waals surface area (Å²) in [5, 5.41) is 15.9. The molecule has 0 spiro atoms. The third-order valence-electron chi connectivity index (χ3n) is 7.12. The van der Waals surface area contributed by atoms with Gasteiger partial charge in [-0.15, -0.1) is 5.10 Å². The molecule has 0 aliphatic heterocycles. The highest BCUT2D eigenvalue weighted by Gasteiger charge is 2.35. The molecule has 1 rings (SSSR count). The van der Waals surface area contributed by atoms with Crippen LogP contribution >= 0.6 is 0 Å². The zero-order valence-corrected chi connectivity index (χ0v) is 25.6. The minimum Gasteiger partial charge on any atom is -0.630 e. The Kier molecular flexibility index (Phi) is 12.5. The lowest BCUT2D eigenvalue weighted by Crippen LogP contribution is -2.52. The van der Waals surface area contributed by atoms with Crippen molar-refractivity contribution < 1.29 is 14.3 Å². The molecule has 0 fully saturated rings. The summed E-state index contributed by atoms with van der Waals surface area (Å²) in [5.74, 6) is -0.163. The molecule has 0 radical (unpaired) electrons. The first-order chi connectivity index (χ1) is 17.3. The SMILES string of the molecule is CCC(C)(Cn1cc(C[N-]C(N)N)nn1)CC(C)(C)COC(=O)CCC(NC(C)(C)CC)C(=O)C(C)(C)C. The number of Topliss-reactive ketones (excluding diaryl/α,β-unsaturated/α-hetero) is 1. The summed E-state index contributed by atoms with van der Waals surface area (Å²) < 4.78 is 7.56. The summed E-state index contributed by atoms with van der Waals surface area (Å²) in [6.07, 6.45) is 4.38. The molecule has 0 amide bonds. The molecule has 0 bridgehead atoms. The first kappa shape index (κ1) is 34.1. The van der Waals surface area contributed by atoms with Crippen LogP contribution in [-0.2, 0) is 27.4 Å². The number of nitrogens with two attached hydrogens (primary N) is 2. The first-order valence-corrected chi connectivity index (χ1v) is 13.9. The summed E-state index contributed by atoms with van der Waals surface area (Å²) in [4.78, 5) is 25.8. The second-order valence-electron chi connectivity index (χ2n) is 13.5. The number of hydrogen-bond donors (Lipinski definition) is 3. The number of hydrogen-bond acceptors (Lipinski definition) is 8. The largest absolute Gasteiger partial charge is 0.630 e. The fourth-order valence-corrected chi connectivity index (χ4v) is 4.55. The standard InChI is InChI=1S/C28H54N7O3/c1-11-27(8,9)32-21(23(37)25(3,4)5)13-14-22(36)38-19-26(6,7)17-28(10,12-2)18-35-16-20(33-34-35)15-31-24(29)30/h16,21,24,32H,11-15,17-19,29-30H2,1-10H3/q-1. The molecule has 10 heteroatoms. The summed E-state index contributed by atoms with van der Waals surface area (Å²) >= 11 is 0.